The fourth-order valence-electron chi connectivity index (χ4n) is 2.25. The number of rotatable bonds is 6. The Morgan fingerprint density at radius 1 is 1.29 bits per heavy atom. The molecule has 0 aliphatic carbocycles. The molecule has 0 aliphatic heterocycles. The van der Waals surface area contributed by atoms with Crippen LogP contribution in [0, 0.1) is 5.82 Å². The van der Waals surface area contributed by atoms with Crippen LogP contribution in [0.25, 0.3) is 0 Å². The van der Waals surface area contributed by atoms with Crippen molar-refractivity contribution in [3.8, 4) is 0 Å². The highest BCUT2D eigenvalue weighted by molar-refractivity contribution is 7.15. The first-order chi connectivity index (χ1) is 10.1. The van der Waals surface area contributed by atoms with E-state index in [2.05, 4.69) is 31.0 Å². The number of thiazole rings is 1. The van der Waals surface area contributed by atoms with Gasteiger partial charge in [0, 0.05) is 23.7 Å². The molecule has 0 saturated heterocycles. The summed E-state index contributed by atoms with van der Waals surface area (Å²) in [5.41, 5.74) is 2.11. The molecule has 1 aromatic carbocycles. The fourth-order valence-corrected chi connectivity index (χ4v) is 3.57. The zero-order valence-electron chi connectivity index (χ0n) is 13.0. The largest absolute Gasteiger partial charge is 0.318 e. The van der Waals surface area contributed by atoms with Gasteiger partial charge in [-0.15, -0.1) is 0 Å². The molecule has 0 fully saturated rings. The average molecular weight is 307 g/mol. The van der Waals surface area contributed by atoms with Crippen LogP contribution in [0.2, 0.25) is 0 Å². The summed E-state index contributed by atoms with van der Waals surface area (Å²) >= 11 is 1.70. The lowest BCUT2D eigenvalue weighted by Gasteiger charge is -2.19. The van der Waals surface area contributed by atoms with E-state index in [-0.39, 0.29) is 5.82 Å². The molecule has 1 aromatic heterocycles. The molecule has 0 radical (unpaired) electrons. The second-order valence-electron chi connectivity index (χ2n) is 5.21. The van der Waals surface area contributed by atoms with E-state index >= 15 is 0 Å². The van der Waals surface area contributed by atoms with Gasteiger partial charge in [0.15, 0.2) is 5.13 Å². The number of hydrogen-bond acceptors (Lipinski definition) is 4. The Hall–Kier alpha value is -1.46. The van der Waals surface area contributed by atoms with Crippen molar-refractivity contribution in [3.63, 3.8) is 0 Å². The molecule has 0 spiro atoms. The molecule has 0 saturated carbocycles. The highest BCUT2D eigenvalue weighted by atomic mass is 32.1. The summed E-state index contributed by atoms with van der Waals surface area (Å²) in [4.78, 5) is 8.20. The summed E-state index contributed by atoms with van der Waals surface area (Å²) in [5, 5.41) is 4.17. The van der Waals surface area contributed by atoms with Gasteiger partial charge in [-0.2, -0.15) is 0 Å². The molecule has 114 valence electrons. The van der Waals surface area contributed by atoms with Crippen molar-refractivity contribution in [1.82, 2.24) is 10.3 Å². The molecular weight excluding hydrogens is 285 g/mol. The van der Waals surface area contributed by atoms with Gasteiger partial charge < -0.3 is 10.2 Å². The molecule has 1 N–H and O–H groups in total. The molecule has 3 nitrogen and oxygen atoms in total. The van der Waals surface area contributed by atoms with Crippen molar-refractivity contribution in [2.24, 2.45) is 0 Å². The lowest BCUT2D eigenvalue weighted by molar-refractivity contribution is 0.628. The molecule has 0 aliphatic rings. The molecule has 2 rings (SSSR count). The lowest BCUT2D eigenvalue weighted by Crippen LogP contribution is -2.15. The van der Waals surface area contributed by atoms with Crippen molar-refractivity contribution >= 4 is 22.2 Å². The quantitative estimate of drug-likeness (QED) is 0.863. The van der Waals surface area contributed by atoms with E-state index < -0.39 is 0 Å². The number of hydrogen-bond donors (Lipinski definition) is 1. The van der Waals surface area contributed by atoms with E-state index in [9.17, 15) is 4.39 Å². The van der Waals surface area contributed by atoms with E-state index in [1.165, 1.54) is 17.0 Å². The van der Waals surface area contributed by atoms with Gasteiger partial charge in [-0.1, -0.05) is 25.2 Å². The molecular formula is C16H22FN3S. The molecule has 2 aromatic rings. The summed E-state index contributed by atoms with van der Waals surface area (Å²) in [5.74, 6) is 0.179. The maximum atomic E-state index is 13.1. The van der Waals surface area contributed by atoms with Gasteiger partial charge in [0.25, 0.3) is 0 Å². The minimum atomic E-state index is -0.215. The van der Waals surface area contributed by atoms with E-state index in [0.29, 0.717) is 5.92 Å². The molecule has 0 atom stereocenters. The number of anilines is 2. The van der Waals surface area contributed by atoms with Crippen LogP contribution in [0.4, 0.5) is 15.2 Å². The van der Waals surface area contributed by atoms with Crippen LogP contribution < -0.4 is 10.2 Å². The van der Waals surface area contributed by atoms with Crippen LogP contribution >= 0.6 is 11.3 Å². The first kappa shape index (κ1) is 15.9. The monoisotopic (exact) mass is 307 g/mol. The maximum Gasteiger partial charge on any atom is 0.190 e. The lowest BCUT2D eigenvalue weighted by atomic mass is 10.1. The van der Waals surface area contributed by atoms with Gasteiger partial charge >= 0.3 is 0 Å². The van der Waals surface area contributed by atoms with E-state index in [0.717, 1.165) is 29.6 Å². The number of benzene rings is 1. The summed E-state index contributed by atoms with van der Waals surface area (Å²) in [6.07, 6.45) is 0. The highest BCUT2D eigenvalue weighted by Crippen LogP contribution is 2.34. The van der Waals surface area contributed by atoms with Crippen molar-refractivity contribution in [2.75, 3.05) is 18.5 Å². The van der Waals surface area contributed by atoms with Crippen LogP contribution in [-0.2, 0) is 6.54 Å². The van der Waals surface area contributed by atoms with Gasteiger partial charge in [0.05, 0.1) is 5.69 Å². The number of aromatic nitrogens is 1. The topological polar surface area (TPSA) is 28.2 Å². The van der Waals surface area contributed by atoms with E-state index in [1.54, 1.807) is 23.5 Å². The summed E-state index contributed by atoms with van der Waals surface area (Å²) < 4.78 is 13.1. The molecule has 5 heteroatoms. The molecule has 0 unspecified atom stereocenters. The van der Waals surface area contributed by atoms with Gasteiger partial charge in [0.1, 0.15) is 5.82 Å². The Morgan fingerprint density at radius 3 is 2.48 bits per heavy atom. The molecule has 1 heterocycles. The van der Waals surface area contributed by atoms with E-state index in [1.807, 2.05) is 7.05 Å². The van der Waals surface area contributed by atoms with Gasteiger partial charge in [0.2, 0.25) is 0 Å². The third kappa shape index (κ3) is 3.60. The Labute approximate surface area is 129 Å². The summed E-state index contributed by atoms with van der Waals surface area (Å²) in [6, 6.07) is 6.58. The van der Waals surface area contributed by atoms with Crippen molar-refractivity contribution in [3.05, 3.63) is 40.7 Å². The minimum absolute atomic E-state index is 0.215. The Bertz CT molecular complexity index is 578. The third-order valence-electron chi connectivity index (χ3n) is 3.29. The fraction of sp³-hybridized carbons (Fsp3) is 0.438. The SMILES string of the molecule is CCN(c1ccc(F)cc1)c1nc(C(C)C)c(CNC)s1. The normalized spacial score (nSPS) is 11.1. The predicted octanol–water partition coefficient (Wildman–Crippen LogP) is 4.28. The van der Waals surface area contributed by atoms with Crippen molar-refractivity contribution in [1.29, 1.82) is 0 Å². The van der Waals surface area contributed by atoms with Crippen molar-refractivity contribution < 1.29 is 4.39 Å². The molecule has 21 heavy (non-hydrogen) atoms. The van der Waals surface area contributed by atoms with Crippen LogP contribution in [0.1, 0.15) is 37.3 Å². The first-order valence-electron chi connectivity index (χ1n) is 7.24. The Kier molecular flexibility index (Phi) is 5.31. The highest BCUT2D eigenvalue weighted by Gasteiger charge is 2.18. The number of nitrogens with one attached hydrogen (secondary N) is 1. The van der Waals surface area contributed by atoms with Gasteiger partial charge in [-0.05, 0) is 44.2 Å². The average Bonchev–Trinajstić information content (AvgIpc) is 2.86. The second-order valence-corrected chi connectivity index (χ2v) is 6.27. The van der Waals surface area contributed by atoms with Crippen LogP contribution in [0.3, 0.4) is 0 Å². The maximum absolute atomic E-state index is 13.1. The van der Waals surface area contributed by atoms with Crippen LogP contribution in [0.5, 0.6) is 0 Å². The Balaban J connectivity index is 2.38. The number of nitrogens with zero attached hydrogens (tertiary/aromatic N) is 2. The number of halogens is 1. The standard InChI is InChI=1S/C16H22FN3S/c1-5-20(13-8-6-12(17)7-9-13)16-19-15(11(2)3)14(21-16)10-18-4/h6-9,11,18H,5,10H2,1-4H3. The van der Waals surface area contributed by atoms with Crippen molar-refractivity contribution in [2.45, 2.75) is 33.2 Å². The third-order valence-corrected chi connectivity index (χ3v) is 4.38. The predicted molar refractivity (Wildman–Crippen MR) is 88.0 cm³/mol. The van der Waals surface area contributed by atoms with Gasteiger partial charge in [-0.3, -0.25) is 0 Å². The van der Waals surface area contributed by atoms with E-state index in [4.69, 9.17) is 4.98 Å². The first-order valence-corrected chi connectivity index (χ1v) is 8.05. The molecule has 0 amide bonds. The summed E-state index contributed by atoms with van der Waals surface area (Å²) in [6.45, 7) is 8.03. The second kappa shape index (κ2) is 7.00. The summed E-state index contributed by atoms with van der Waals surface area (Å²) in [7, 11) is 1.95. The zero-order valence-corrected chi connectivity index (χ0v) is 13.8. The minimum Gasteiger partial charge on any atom is -0.318 e. The smallest absolute Gasteiger partial charge is 0.190 e. The van der Waals surface area contributed by atoms with Crippen LogP contribution in [0.15, 0.2) is 24.3 Å². The Morgan fingerprint density at radius 2 is 1.95 bits per heavy atom. The van der Waals surface area contributed by atoms with Gasteiger partial charge in [-0.25, -0.2) is 9.37 Å². The zero-order chi connectivity index (χ0) is 15.4. The van der Waals surface area contributed by atoms with Crippen LogP contribution in [-0.4, -0.2) is 18.6 Å². The molecule has 0 bridgehead atoms.